The number of methoxy groups -OCH3 is 1. The van der Waals surface area contributed by atoms with Crippen LogP contribution < -0.4 is 14.7 Å². The van der Waals surface area contributed by atoms with Crippen molar-refractivity contribution < 1.29 is 24.2 Å². The molecule has 1 spiro atoms. The van der Waals surface area contributed by atoms with Crippen LogP contribution in [0.5, 0.6) is 5.75 Å². The fraction of sp³-hybridized carbons (Fsp3) is 0.353. The van der Waals surface area contributed by atoms with Gasteiger partial charge in [-0.3, -0.25) is 9.69 Å². The second-order valence-corrected chi connectivity index (χ2v) is 7.48. The van der Waals surface area contributed by atoms with Gasteiger partial charge in [0.25, 0.3) is 0 Å². The molecule has 2 fully saturated rings. The Morgan fingerprint density at radius 3 is 3.12 bits per heavy atom. The van der Waals surface area contributed by atoms with E-state index < -0.39 is 29.5 Å². The summed E-state index contributed by atoms with van der Waals surface area (Å²) in [5.74, 6) is -2.53. The van der Waals surface area contributed by atoms with E-state index in [-0.39, 0.29) is 12.5 Å². The zero-order chi connectivity index (χ0) is 17.3. The molecule has 0 saturated carbocycles. The van der Waals surface area contributed by atoms with Crippen molar-refractivity contribution in [2.75, 3.05) is 18.6 Å². The summed E-state index contributed by atoms with van der Waals surface area (Å²) in [4.78, 5) is 30.5. The first-order valence-electron chi connectivity index (χ1n) is 7.86. The predicted molar refractivity (Wildman–Crippen MR) is 87.3 cm³/mol. The van der Waals surface area contributed by atoms with Crippen LogP contribution in [0.25, 0.3) is 10.2 Å². The molecule has 0 aliphatic carbocycles. The van der Waals surface area contributed by atoms with Crippen molar-refractivity contribution in [3.05, 3.63) is 30.4 Å². The van der Waals surface area contributed by atoms with Crippen LogP contribution in [0.4, 0.5) is 5.13 Å². The topological polar surface area (TPSA) is 91.8 Å². The van der Waals surface area contributed by atoms with Crippen LogP contribution in [-0.4, -0.2) is 42.2 Å². The van der Waals surface area contributed by atoms with E-state index in [4.69, 9.17) is 9.47 Å². The molecule has 2 aromatic rings. The second kappa shape index (κ2) is 4.80. The van der Waals surface area contributed by atoms with E-state index in [0.717, 1.165) is 10.2 Å². The van der Waals surface area contributed by atoms with Crippen LogP contribution in [0.3, 0.4) is 0 Å². The van der Waals surface area contributed by atoms with E-state index in [1.54, 1.807) is 19.3 Å². The maximum absolute atomic E-state index is 12.9. The molecule has 0 N–H and O–H groups in total. The smallest absolute Gasteiger partial charge is 0.236 e. The lowest BCUT2D eigenvalue weighted by atomic mass is 9.77. The highest BCUT2D eigenvalue weighted by molar-refractivity contribution is 7.22. The molecule has 128 valence electrons. The number of carbonyl (C=O) groups is 2. The van der Waals surface area contributed by atoms with Gasteiger partial charge in [0.2, 0.25) is 5.91 Å². The third-order valence-electron chi connectivity index (χ3n) is 5.19. The summed E-state index contributed by atoms with van der Waals surface area (Å²) in [6.45, 7) is 0.268. The number of aliphatic carboxylic acids is 1. The number of carboxylic acids is 1. The number of benzene rings is 1. The molecule has 4 atom stereocenters. The van der Waals surface area contributed by atoms with E-state index >= 15 is 0 Å². The van der Waals surface area contributed by atoms with Crippen molar-refractivity contribution in [1.82, 2.24) is 4.98 Å². The number of thiazole rings is 1. The van der Waals surface area contributed by atoms with Crippen molar-refractivity contribution >= 4 is 38.6 Å². The molecule has 5 rings (SSSR count). The number of carboxylic acid groups (broad SMARTS) is 1. The number of aromatic nitrogens is 1. The van der Waals surface area contributed by atoms with Gasteiger partial charge in [-0.25, -0.2) is 4.98 Å². The van der Waals surface area contributed by atoms with Crippen molar-refractivity contribution in [1.29, 1.82) is 0 Å². The number of anilines is 1. The Kier molecular flexibility index (Phi) is 2.85. The molecule has 2 saturated heterocycles. The Morgan fingerprint density at radius 2 is 2.36 bits per heavy atom. The zero-order valence-corrected chi connectivity index (χ0v) is 14.0. The molecule has 3 aliphatic heterocycles. The number of carbonyl (C=O) groups excluding carboxylic acids is 2. The van der Waals surface area contributed by atoms with E-state index in [1.165, 1.54) is 16.2 Å². The van der Waals surface area contributed by atoms with Gasteiger partial charge in [0.05, 0.1) is 35.9 Å². The Hall–Kier alpha value is -2.45. The maximum Gasteiger partial charge on any atom is 0.236 e. The molecule has 25 heavy (non-hydrogen) atoms. The number of amides is 1. The van der Waals surface area contributed by atoms with E-state index in [0.29, 0.717) is 10.9 Å². The molecular formula is C17H13N2O5S-. The first-order chi connectivity index (χ1) is 12.0. The molecule has 1 aromatic carbocycles. The number of nitrogens with zero attached hydrogens (tertiary/aromatic N) is 2. The van der Waals surface area contributed by atoms with Gasteiger partial charge in [-0.2, -0.15) is 0 Å². The molecule has 3 aliphatic rings. The Labute approximate surface area is 146 Å². The highest BCUT2D eigenvalue weighted by Gasteiger charge is 2.65. The summed E-state index contributed by atoms with van der Waals surface area (Å²) in [6.07, 6.45) is 2.95. The lowest BCUT2D eigenvalue weighted by Gasteiger charge is -2.24. The average Bonchev–Trinajstić information content (AvgIpc) is 3.32. The van der Waals surface area contributed by atoms with Crippen LogP contribution >= 0.6 is 11.3 Å². The van der Waals surface area contributed by atoms with Crippen molar-refractivity contribution in [2.45, 2.75) is 11.7 Å². The predicted octanol–water partition coefficient (Wildman–Crippen LogP) is 0.341. The van der Waals surface area contributed by atoms with E-state index in [1.807, 2.05) is 18.2 Å². The standard InChI is InChI=1S/C17H14N2O5S/c1-23-8-2-3-11-9(6-8)18-16(25-11)19-7-17-5-4-10(24-17)12(15(21)22)13(17)14(19)20/h2-6,10,12-13H,7H2,1H3,(H,21,22)/p-1/t10-,12-,13+,17+/m0/s1. The van der Waals surface area contributed by atoms with Crippen LogP contribution in [0.1, 0.15) is 0 Å². The highest BCUT2D eigenvalue weighted by atomic mass is 32.1. The molecule has 1 aromatic heterocycles. The summed E-state index contributed by atoms with van der Waals surface area (Å²) >= 11 is 1.38. The fourth-order valence-electron chi connectivity index (χ4n) is 4.07. The van der Waals surface area contributed by atoms with Gasteiger partial charge in [0.1, 0.15) is 11.4 Å². The van der Waals surface area contributed by atoms with Crippen molar-refractivity contribution in [2.24, 2.45) is 11.8 Å². The summed E-state index contributed by atoms with van der Waals surface area (Å²) in [5, 5.41) is 12.0. The largest absolute Gasteiger partial charge is 0.550 e. The third-order valence-corrected chi connectivity index (χ3v) is 6.25. The van der Waals surface area contributed by atoms with Crippen molar-refractivity contribution in [3.8, 4) is 5.75 Å². The van der Waals surface area contributed by atoms with Gasteiger partial charge in [-0.1, -0.05) is 23.5 Å². The van der Waals surface area contributed by atoms with Gasteiger partial charge in [0, 0.05) is 18.0 Å². The highest BCUT2D eigenvalue weighted by Crippen LogP contribution is 2.52. The lowest BCUT2D eigenvalue weighted by molar-refractivity contribution is -0.313. The molecule has 4 heterocycles. The molecule has 2 bridgehead atoms. The first-order valence-corrected chi connectivity index (χ1v) is 8.68. The van der Waals surface area contributed by atoms with Crippen LogP contribution in [0, 0.1) is 11.8 Å². The minimum Gasteiger partial charge on any atom is -0.550 e. The summed E-state index contributed by atoms with van der Waals surface area (Å²) in [7, 11) is 1.58. The summed E-state index contributed by atoms with van der Waals surface area (Å²) in [5.41, 5.74) is -0.152. The summed E-state index contributed by atoms with van der Waals surface area (Å²) in [6, 6.07) is 5.53. The van der Waals surface area contributed by atoms with Gasteiger partial charge in [-0.05, 0) is 12.1 Å². The zero-order valence-electron chi connectivity index (χ0n) is 13.2. The van der Waals surface area contributed by atoms with Crippen molar-refractivity contribution in [3.63, 3.8) is 0 Å². The molecule has 7 nitrogen and oxygen atoms in total. The van der Waals surface area contributed by atoms with Gasteiger partial charge >= 0.3 is 0 Å². The summed E-state index contributed by atoms with van der Waals surface area (Å²) < 4.78 is 12.0. The molecule has 8 heteroatoms. The molecule has 1 amide bonds. The van der Waals surface area contributed by atoms with Crippen LogP contribution in [0.15, 0.2) is 30.4 Å². The molecule has 0 unspecified atom stereocenters. The van der Waals surface area contributed by atoms with Gasteiger partial charge in [-0.15, -0.1) is 0 Å². The quantitative estimate of drug-likeness (QED) is 0.736. The average molecular weight is 357 g/mol. The van der Waals surface area contributed by atoms with Gasteiger partial charge in [0.15, 0.2) is 5.13 Å². The number of hydrogen-bond acceptors (Lipinski definition) is 7. The first kappa shape index (κ1) is 14.9. The second-order valence-electron chi connectivity index (χ2n) is 6.47. The Morgan fingerprint density at radius 1 is 1.52 bits per heavy atom. The number of ether oxygens (including phenoxy) is 2. The molecule has 0 radical (unpaired) electrons. The minimum atomic E-state index is -1.24. The van der Waals surface area contributed by atoms with Gasteiger partial charge < -0.3 is 19.4 Å². The Bertz CT molecular complexity index is 954. The fourth-order valence-corrected chi connectivity index (χ4v) is 5.02. The monoisotopic (exact) mass is 357 g/mol. The Balaban J connectivity index is 1.55. The minimum absolute atomic E-state index is 0.268. The number of hydrogen-bond donors (Lipinski definition) is 0. The van der Waals surface area contributed by atoms with Crippen LogP contribution in [0.2, 0.25) is 0 Å². The number of fused-ring (bicyclic) bond motifs is 2. The third kappa shape index (κ3) is 1.86. The SMILES string of the molecule is COc1ccc2sc(N3C[C@@]45C=C[C@H](O4)[C@H](C(=O)[O-])[C@@H]5C3=O)nc2c1. The molecular weight excluding hydrogens is 344 g/mol. The van der Waals surface area contributed by atoms with E-state index in [2.05, 4.69) is 4.98 Å². The normalized spacial score (nSPS) is 32.6. The maximum atomic E-state index is 12.9. The van der Waals surface area contributed by atoms with E-state index in [9.17, 15) is 14.7 Å². The number of rotatable bonds is 3. The van der Waals surface area contributed by atoms with Crippen LogP contribution in [-0.2, 0) is 14.3 Å². The lowest BCUT2D eigenvalue weighted by Crippen LogP contribution is -2.45.